The molecule has 0 aliphatic carbocycles. The number of rotatable bonds is 5. The van der Waals surface area contributed by atoms with Gasteiger partial charge in [-0.1, -0.05) is 18.2 Å². The number of nitrogens with one attached hydrogen (secondary N) is 1. The lowest BCUT2D eigenvalue weighted by molar-refractivity contribution is -0.163. The molecule has 28 heavy (non-hydrogen) atoms. The zero-order valence-corrected chi connectivity index (χ0v) is 16.6. The van der Waals surface area contributed by atoms with Crippen molar-refractivity contribution in [2.24, 2.45) is 11.8 Å². The van der Waals surface area contributed by atoms with Gasteiger partial charge in [-0.25, -0.2) is 4.79 Å². The molecule has 9 nitrogen and oxygen atoms in total. The second-order valence-corrected chi connectivity index (χ2v) is 8.44. The summed E-state index contributed by atoms with van der Waals surface area (Å²) >= 11 is 1.08. The topological polar surface area (TPSA) is 129 Å². The lowest BCUT2D eigenvalue weighted by Crippen LogP contribution is -2.63. The highest BCUT2D eigenvalue weighted by Crippen LogP contribution is 2.51. The Morgan fingerprint density at radius 2 is 2.21 bits per heavy atom. The number of β-lactam (4-membered cyclic amide) rings is 1. The van der Waals surface area contributed by atoms with Crippen molar-refractivity contribution in [3.8, 4) is 0 Å². The first-order valence-electron chi connectivity index (χ1n) is 9.24. The van der Waals surface area contributed by atoms with Crippen molar-refractivity contribution in [3.63, 3.8) is 0 Å². The molecular weight excluding hydrogens is 384 g/mol. The normalized spacial score (nSPS) is 30.8. The number of hydrogen-bond donors (Lipinski definition) is 3. The first-order valence-corrected chi connectivity index (χ1v) is 10.1. The smallest absolute Gasteiger partial charge is 0.353 e. The Kier molecular flexibility index (Phi) is 4.80. The minimum atomic E-state index is -1.18. The molecule has 1 aromatic heterocycles. The van der Waals surface area contributed by atoms with Gasteiger partial charge in [-0.15, -0.1) is 0 Å². The van der Waals surface area contributed by atoms with E-state index in [4.69, 9.17) is 4.52 Å². The molecule has 0 unspecified atom stereocenters. The minimum absolute atomic E-state index is 0.0566. The van der Waals surface area contributed by atoms with Crippen molar-refractivity contribution in [3.05, 3.63) is 22.5 Å². The number of carbonyl (C=O) groups is 2. The summed E-state index contributed by atoms with van der Waals surface area (Å²) in [5.41, 5.74) is 0.931. The number of aliphatic hydroxyl groups excluding tert-OH is 1. The van der Waals surface area contributed by atoms with E-state index < -0.39 is 18.0 Å². The predicted molar refractivity (Wildman–Crippen MR) is 99.8 cm³/mol. The van der Waals surface area contributed by atoms with Crippen molar-refractivity contribution in [2.45, 2.75) is 50.6 Å². The van der Waals surface area contributed by atoms with E-state index in [9.17, 15) is 19.8 Å². The van der Waals surface area contributed by atoms with Crippen molar-refractivity contribution in [1.82, 2.24) is 20.4 Å². The van der Waals surface area contributed by atoms with Gasteiger partial charge in [0.1, 0.15) is 5.70 Å². The van der Waals surface area contributed by atoms with Crippen LogP contribution >= 0.6 is 11.8 Å². The summed E-state index contributed by atoms with van der Waals surface area (Å²) in [6, 6.07) is -0.141. The van der Waals surface area contributed by atoms with Crippen LogP contribution in [0.4, 0.5) is 0 Å². The van der Waals surface area contributed by atoms with Gasteiger partial charge in [-0.05, 0) is 44.1 Å². The van der Waals surface area contributed by atoms with Crippen molar-refractivity contribution >= 4 is 29.2 Å². The van der Waals surface area contributed by atoms with Gasteiger partial charge in [-0.3, -0.25) is 4.79 Å². The standard InChI is InChI=1S/C18H22N4O5S/c1-7-6-10(4-5-19-7)15-20-18(27-21-15)28-14-8(2)12-11(9(3)23)16(24)22(12)13(14)17(25)26/h6-9,11-12,19,23H,4-5H2,1-3H3,(H,25,26)/t7-,8-,9-,11-,12-/m1/s1. The molecule has 1 aromatic rings. The lowest BCUT2D eigenvalue weighted by atomic mass is 9.79. The molecule has 150 valence electrons. The van der Waals surface area contributed by atoms with Gasteiger partial charge < -0.3 is 25.0 Å². The van der Waals surface area contributed by atoms with E-state index in [-0.39, 0.29) is 34.8 Å². The lowest BCUT2D eigenvalue weighted by Gasteiger charge is -2.46. The summed E-state index contributed by atoms with van der Waals surface area (Å²) in [7, 11) is 0. The monoisotopic (exact) mass is 406 g/mol. The molecule has 1 saturated heterocycles. The molecular formula is C18H22N4O5S. The number of carboxylic acids is 1. The van der Waals surface area contributed by atoms with Gasteiger partial charge in [0.2, 0.25) is 5.91 Å². The Labute approximate surface area is 165 Å². The van der Waals surface area contributed by atoms with Crippen LogP contribution in [0.25, 0.3) is 5.57 Å². The van der Waals surface area contributed by atoms with E-state index in [1.54, 1.807) is 6.92 Å². The summed E-state index contributed by atoms with van der Waals surface area (Å²) in [5.74, 6) is -1.88. The fourth-order valence-corrected chi connectivity index (χ4v) is 5.20. The van der Waals surface area contributed by atoms with Crippen molar-refractivity contribution < 1.29 is 24.3 Å². The van der Waals surface area contributed by atoms with E-state index in [1.807, 2.05) is 19.9 Å². The van der Waals surface area contributed by atoms with Gasteiger partial charge in [-0.2, -0.15) is 4.98 Å². The van der Waals surface area contributed by atoms with Gasteiger partial charge in [0, 0.05) is 16.9 Å². The van der Waals surface area contributed by atoms with Crippen LogP contribution in [0.2, 0.25) is 0 Å². The molecule has 1 amide bonds. The SMILES string of the molecule is C[C@@H]1C=C(c2noc(SC3=C(C(=O)O)N4C(=O)[C@H]([C@@H](C)O)[C@H]4[C@H]3C)n2)CCN1. The molecule has 5 atom stereocenters. The molecule has 0 aromatic carbocycles. The molecule has 4 rings (SSSR count). The van der Waals surface area contributed by atoms with Crippen molar-refractivity contribution in [2.75, 3.05) is 6.54 Å². The number of aromatic nitrogens is 2. The quantitative estimate of drug-likeness (QED) is 0.615. The average Bonchev–Trinajstić information content (AvgIpc) is 3.18. The Morgan fingerprint density at radius 1 is 1.46 bits per heavy atom. The van der Waals surface area contributed by atoms with Crippen LogP contribution in [0.1, 0.15) is 33.0 Å². The Morgan fingerprint density at radius 3 is 2.86 bits per heavy atom. The molecule has 3 aliphatic rings. The van der Waals surface area contributed by atoms with E-state index in [2.05, 4.69) is 15.5 Å². The van der Waals surface area contributed by atoms with Crippen LogP contribution in [-0.4, -0.2) is 61.9 Å². The molecule has 3 aliphatic heterocycles. The molecule has 1 fully saturated rings. The number of aliphatic hydroxyl groups is 1. The third-order valence-corrected chi connectivity index (χ3v) is 6.64. The van der Waals surface area contributed by atoms with Crippen LogP contribution in [0.3, 0.4) is 0 Å². The number of carbonyl (C=O) groups excluding carboxylic acids is 1. The maximum atomic E-state index is 12.4. The minimum Gasteiger partial charge on any atom is -0.477 e. The van der Waals surface area contributed by atoms with Crippen LogP contribution in [0, 0.1) is 11.8 Å². The van der Waals surface area contributed by atoms with Gasteiger partial charge in [0.15, 0.2) is 5.82 Å². The summed E-state index contributed by atoms with van der Waals surface area (Å²) in [6.07, 6.45) is 1.99. The van der Waals surface area contributed by atoms with E-state index in [1.165, 1.54) is 4.90 Å². The highest BCUT2D eigenvalue weighted by atomic mass is 32.2. The fraction of sp³-hybridized carbons (Fsp3) is 0.556. The number of carboxylic acid groups (broad SMARTS) is 1. The van der Waals surface area contributed by atoms with Gasteiger partial charge in [0.25, 0.3) is 5.22 Å². The maximum Gasteiger partial charge on any atom is 0.353 e. The zero-order chi connectivity index (χ0) is 20.2. The summed E-state index contributed by atoms with van der Waals surface area (Å²) in [5, 5.41) is 27.2. The first-order chi connectivity index (χ1) is 13.3. The highest BCUT2D eigenvalue weighted by Gasteiger charge is 2.60. The van der Waals surface area contributed by atoms with E-state index >= 15 is 0 Å². The molecule has 10 heteroatoms. The van der Waals surface area contributed by atoms with E-state index in [0.29, 0.717) is 10.7 Å². The van der Waals surface area contributed by atoms with Gasteiger partial charge >= 0.3 is 5.97 Å². The molecule has 3 N–H and O–H groups in total. The first kappa shape index (κ1) is 19.2. The number of thioether (sulfide) groups is 1. The van der Waals surface area contributed by atoms with Crippen LogP contribution in [0.5, 0.6) is 0 Å². The number of amides is 1. The average molecular weight is 406 g/mol. The molecule has 0 radical (unpaired) electrons. The van der Waals surface area contributed by atoms with E-state index in [0.717, 1.165) is 30.3 Å². The summed E-state index contributed by atoms with van der Waals surface area (Å²) in [6.45, 7) is 6.27. The number of hydrogen-bond acceptors (Lipinski definition) is 8. The zero-order valence-electron chi connectivity index (χ0n) is 15.7. The predicted octanol–water partition coefficient (Wildman–Crippen LogP) is 1.08. The molecule has 4 heterocycles. The second-order valence-electron chi connectivity index (χ2n) is 7.44. The number of fused-ring (bicyclic) bond motifs is 1. The van der Waals surface area contributed by atoms with Crippen molar-refractivity contribution in [1.29, 1.82) is 0 Å². The van der Waals surface area contributed by atoms with Crippen LogP contribution in [0.15, 0.2) is 26.4 Å². The Bertz CT molecular complexity index is 892. The van der Waals surface area contributed by atoms with Gasteiger partial charge in [0.05, 0.1) is 18.1 Å². The number of nitrogens with zero attached hydrogens (tertiary/aromatic N) is 3. The highest BCUT2D eigenvalue weighted by molar-refractivity contribution is 8.02. The number of aliphatic carboxylic acids is 1. The molecule has 0 bridgehead atoms. The largest absolute Gasteiger partial charge is 0.477 e. The van der Waals surface area contributed by atoms with Crippen LogP contribution in [-0.2, 0) is 9.59 Å². The molecule has 0 spiro atoms. The fourth-order valence-electron chi connectivity index (χ4n) is 4.20. The third-order valence-electron chi connectivity index (χ3n) is 5.51. The summed E-state index contributed by atoms with van der Waals surface area (Å²) in [4.78, 5) is 30.4. The third kappa shape index (κ3) is 2.96. The Balaban J connectivity index is 1.61. The summed E-state index contributed by atoms with van der Waals surface area (Å²) < 4.78 is 5.34. The maximum absolute atomic E-state index is 12.4. The second kappa shape index (κ2) is 7.02. The Hall–Kier alpha value is -2.17. The molecule has 0 saturated carbocycles. The van der Waals surface area contributed by atoms with Crippen LogP contribution < -0.4 is 5.32 Å².